The molecule has 0 unspecified atom stereocenters. The van der Waals surface area contributed by atoms with Crippen LogP contribution in [0, 0.1) is 0 Å². The molecule has 9 heteroatoms. The standard InChI is InChI=1S/C25H32N4O4S/c1-5-20-22(24(31)33-4)23(17-8-7-9-19(14-17)32-3)29-18(16-34-25(29)26-20)15-21(30)28-12-10-27(6-2)11-13-28/h7-9,14,16,23H,5-6,10-13,15H2,1-4H3/t23-/m1/s1. The van der Waals surface area contributed by atoms with Gasteiger partial charge in [-0.15, -0.1) is 0 Å². The number of fused-ring (bicyclic) bond motifs is 1. The molecule has 1 aromatic carbocycles. The van der Waals surface area contributed by atoms with E-state index in [1.165, 1.54) is 18.9 Å². The molecule has 0 saturated carbocycles. The van der Waals surface area contributed by atoms with E-state index in [0.717, 1.165) is 49.2 Å². The highest BCUT2D eigenvalue weighted by molar-refractivity contribution is 8.16. The van der Waals surface area contributed by atoms with Crippen molar-refractivity contribution in [3.05, 3.63) is 52.2 Å². The van der Waals surface area contributed by atoms with Gasteiger partial charge < -0.3 is 24.2 Å². The van der Waals surface area contributed by atoms with Crippen molar-refractivity contribution < 1.29 is 19.1 Å². The lowest BCUT2D eigenvalue weighted by Gasteiger charge is -2.38. The maximum absolute atomic E-state index is 13.2. The molecule has 1 amide bonds. The van der Waals surface area contributed by atoms with E-state index in [9.17, 15) is 9.59 Å². The van der Waals surface area contributed by atoms with Crippen LogP contribution < -0.4 is 4.74 Å². The van der Waals surface area contributed by atoms with Gasteiger partial charge in [0, 0.05) is 31.9 Å². The zero-order valence-electron chi connectivity index (χ0n) is 20.2. The summed E-state index contributed by atoms with van der Waals surface area (Å²) in [6.07, 6.45) is 0.854. The van der Waals surface area contributed by atoms with E-state index in [4.69, 9.17) is 14.5 Å². The molecular formula is C25H32N4O4S. The van der Waals surface area contributed by atoms with Crippen molar-refractivity contribution in [3.8, 4) is 5.75 Å². The Balaban J connectivity index is 1.67. The van der Waals surface area contributed by atoms with E-state index in [1.54, 1.807) is 7.11 Å². The molecule has 3 aliphatic rings. The summed E-state index contributed by atoms with van der Waals surface area (Å²) in [7, 11) is 3.01. The lowest BCUT2D eigenvalue weighted by molar-refractivity contribution is -0.136. The number of allylic oxidation sites excluding steroid dienone is 1. The number of carbonyl (C=O) groups is 2. The van der Waals surface area contributed by atoms with Gasteiger partial charge in [-0.3, -0.25) is 4.79 Å². The topological polar surface area (TPSA) is 74.7 Å². The summed E-state index contributed by atoms with van der Waals surface area (Å²) in [5.41, 5.74) is 2.93. The number of hydrogen-bond donors (Lipinski definition) is 0. The van der Waals surface area contributed by atoms with Crippen LogP contribution in [0.25, 0.3) is 0 Å². The van der Waals surface area contributed by atoms with Gasteiger partial charge >= 0.3 is 5.97 Å². The third-order valence-electron chi connectivity index (χ3n) is 6.54. The second-order valence-corrected chi connectivity index (χ2v) is 9.20. The number of carbonyl (C=O) groups excluding carboxylic acids is 2. The Morgan fingerprint density at radius 3 is 2.56 bits per heavy atom. The van der Waals surface area contributed by atoms with Gasteiger partial charge in [-0.2, -0.15) is 0 Å². The van der Waals surface area contributed by atoms with Crippen LogP contribution in [0.4, 0.5) is 0 Å². The molecule has 0 bridgehead atoms. The minimum atomic E-state index is -0.448. The van der Waals surface area contributed by atoms with Gasteiger partial charge in [0.05, 0.1) is 38.0 Å². The van der Waals surface area contributed by atoms with Crippen molar-refractivity contribution in [2.24, 2.45) is 4.99 Å². The molecule has 0 spiro atoms. The molecule has 1 aromatic rings. The average Bonchev–Trinajstić information content (AvgIpc) is 3.29. The van der Waals surface area contributed by atoms with E-state index in [2.05, 4.69) is 11.8 Å². The second-order valence-electron chi connectivity index (χ2n) is 8.37. The molecule has 8 nitrogen and oxygen atoms in total. The molecule has 1 saturated heterocycles. The van der Waals surface area contributed by atoms with E-state index < -0.39 is 12.0 Å². The minimum Gasteiger partial charge on any atom is -0.497 e. The van der Waals surface area contributed by atoms with Gasteiger partial charge in [-0.1, -0.05) is 37.7 Å². The number of ether oxygens (including phenoxy) is 2. The average molecular weight is 485 g/mol. The van der Waals surface area contributed by atoms with Crippen molar-refractivity contribution in [3.63, 3.8) is 0 Å². The van der Waals surface area contributed by atoms with Gasteiger partial charge in [0.15, 0.2) is 5.17 Å². The first kappa shape index (κ1) is 24.3. The zero-order chi connectivity index (χ0) is 24.2. The van der Waals surface area contributed by atoms with Crippen LogP contribution in [0.1, 0.15) is 38.3 Å². The number of amidine groups is 1. The quantitative estimate of drug-likeness (QED) is 0.549. The van der Waals surface area contributed by atoms with Crippen molar-refractivity contribution in [1.29, 1.82) is 0 Å². The maximum Gasteiger partial charge on any atom is 0.338 e. The Hall–Kier alpha value is -2.78. The van der Waals surface area contributed by atoms with E-state index in [1.807, 2.05) is 46.4 Å². The van der Waals surface area contributed by atoms with Crippen LogP contribution in [0.15, 0.2) is 51.6 Å². The Labute approximate surface area is 205 Å². The number of thioether (sulfide) groups is 1. The highest BCUT2D eigenvalue weighted by atomic mass is 32.2. The molecule has 0 aliphatic carbocycles. The molecule has 3 aliphatic heterocycles. The number of rotatable bonds is 7. The number of methoxy groups -OCH3 is 2. The third kappa shape index (κ3) is 4.72. The van der Waals surface area contributed by atoms with Crippen LogP contribution in [-0.2, 0) is 14.3 Å². The Kier molecular flexibility index (Phi) is 7.63. The summed E-state index contributed by atoms with van der Waals surface area (Å²) in [5.74, 6) is 0.384. The van der Waals surface area contributed by atoms with Gasteiger partial charge in [-0.25, -0.2) is 9.79 Å². The van der Waals surface area contributed by atoms with E-state index in [-0.39, 0.29) is 12.3 Å². The minimum absolute atomic E-state index is 0.0955. The lowest BCUT2D eigenvalue weighted by atomic mass is 9.92. The number of esters is 1. The summed E-state index contributed by atoms with van der Waals surface area (Å²) in [6, 6.07) is 7.23. The Morgan fingerprint density at radius 2 is 1.91 bits per heavy atom. The van der Waals surface area contributed by atoms with E-state index in [0.29, 0.717) is 23.4 Å². The Morgan fingerprint density at radius 1 is 1.15 bits per heavy atom. The first-order chi connectivity index (χ1) is 16.5. The van der Waals surface area contributed by atoms with Crippen LogP contribution in [0.5, 0.6) is 5.75 Å². The molecule has 1 atom stereocenters. The monoisotopic (exact) mass is 484 g/mol. The second kappa shape index (κ2) is 10.7. The SMILES string of the molecule is CCC1=C(C(=O)OC)[C@@H](c2cccc(OC)c2)N2C(CC(=O)N3CCN(CC)CC3)=CSC2=N1. The van der Waals surface area contributed by atoms with Crippen LogP contribution in [0.3, 0.4) is 0 Å². The summed E-state index contributed by atoms with van der Waals surface area (Å²) < 4.78 is 10.6. The molecule has 1 fully saturated rings. The third-order valence-corrected chi connectivity index (χ3v) is 7.43. The molecule has 34 heavy (non-hydrogen) atoms. The fraction of sp³-hybridized carbons (Fsp3) is 0.480. The predicted octanol–water partition coefficient (Wildman–Crippen LogP) is 3.39. The number of amides is 1. The first-order valence-electron chi connectivity index (χ1n) is 11.7. The van der Waals surface area contributed by atoms with Crippen molar-refractivity contribution >= 4 is 28.8 Å². The number of piperazine rings is 1. The number of aliphatic imine (C=N–C) groups is 1. The van der Waals surface area contributed by atoms with Crippen molar-refractivity contribution in [2.45, 2.75) is 32.7 Å². The molecule has 0 N–H and O–H groups in total. The van der Waals surface area contributed by atoms with Crippen LogP contribution in [-0.4, -0.2) is 78.7 Å². The highest BCUT2D eigenvalue weighted by Gasteiger charge is 2.42. The number of likely N-dealkylation sites (N-methyl/N-ethyl adjacent to an activating group) is 1. The number of nitrogens with zero attached hydrogens (tertiary/aromatic N) is 4. The molecule has 0 aromatic heterocycles. The van der Waals surface area contributed by atoms with Crippen LogP contribution >= 0.6 is 11.8 Å². The molecule has 4 rings (SSSR count). The predicted molar refractivity (Wildman–Crippen MR) is 133 cm³/mol. The largest absolute Gasteiger partial charge is 0.497 e. The summed E-state index contributed by atoms with van der Waals surface area (Å²) in [6.45, 7) is 8.39. The smallest absolute Gasteiger partial charge is 0.338 e. The number of benzene rings is 1. The summed E-state index contributed by atoms with van der Waals surface area (Å²) >= 11 is 1.49. The fourth-order valence-corrected chi connectivity index (χ4v) is 5.56. The van der Waals surface area contributed by atoms with Crippen LogP contribution in [0.2, 0.25) is 0 Å². The zero-order valence-corrected chi connectivity index (χ0v) is 21.1. The number of hydrogen-bond acceptors (Lipinski definition) is 8. The maximum atomic E-state index is 13.2. The van der Waals surface area contributed by atoms with Gasteiger partial charge in [0.1, 0.15) is 5.75 Å². The normalized spacial score (nSPS) is 20.6. The first-order valence-corrected chi connectivity index (χ1v) is 12.6. The van der Waals surface area contributed by atoms with Gasteiger partial charge in [0.2, 0.25) is 5.91 Å². The Bertz CT molecular complexity index is 1040. The van der Waals surface area contributed by atoms with Crippen molar-refractivity contribution in [2.75, 3.05) is 46.9 Å². The van der Waals surface area contributed by atoms with Gasteiger partial charge in [0.25, 0.3) is 0 Å². The molecule has 0 radical (unpaired) electrons. The van der Waals surface area contributed by atoms with Crippen molar-refractivity contribution in [1.82, 2.24) is 14.7 Å². The van der Waals surface area contributed by atoms with E-state index >= 15 is 0 Å². The summed E-state index contributed by atoms with van der Waals surface area (Å²) in [4.78, 5) is 37.3. The molecular weight excluding hydrogens is 452 g/mol. The highest BCUT2D eigenvalue weighted by Crippen LogP contribution is 2.46. The molecule has 3 heterocycles. The van der Waals surface area contributed by atoms with Gasteiger partial charge in [-0.05, 0) is 36.1 Å². The fourth-order valence-electron chi connectivity index (χ4n) is 4.62. The molecule has 182 valence electrons. The lowest BCUT2D eigenvalue weighted by Crippen LogP contribution is -2.49. The summed E-state index contributed by atoms with van der Waals surface area (Å²) in [5, 5.41) is 2.76.